The van der Waals surface area contributed by atoms with Crippen LogP contribution in [-0.2, 0) is 14.8 Å². The van der Waals surface area contributed by atoms with Gasteiger partial charge in [0.05, 0.1) is 12.1 Å². The molecule has 0 aliphatic carbocycles. The van der Waals surface area contributed by atoms with E-state index in [1.54, 1.807) is 18.2 Å². The van der Waals surface area contributed by atoms with Gasteiger partial charge in [-0.2, -0.15) is 4.31 Å². The lowest BCUT2D eigenvalue weighted by atomic mass is 10.0. The first kappa shape index (κ1) is 27.7. The van der Waals surface area contributed by atoms with Crippen LogP contribution >= 0.6 is 0 Å². The van der Waals surface area contributed by atoms with Gasteiger partial charge in [-0.15, -0.1) is 0 Å². The van der Waals surface area contributed by atoms with Gasteiger partial charge in [-0.1, -0.05) is 44.2 Å². The van der Waals surface area contributed by atoms with Gasteiger partial charge < -0.3 is 20.2 Å². The minimum absolute atomic E-state index is 0.0678. The average Bonchev–Trinajstić information content (AvgIpc) is 3.22. The fourth-order valence-electron chi connectivity index (χ4n) is 4.60. The van der Waals surface area contributed by atoms with Crippen molar-refractivity contribution in [2.75, 3.05) is 13.1 Å². The number of fused-ring (bicyclic) bond motifs is 1. The summed E-state index contributed by atoms with van der Waals surface area (Å²) in [5.74, 6) is -1.74. The second-order valence-corrected chi connectivity index (χ2v) is 11.8. The van der Waals surface area contributed by atoms with E-state index in [9.17, 15) is 27.5 Å². The number of aliphatic hydroxyl groups excluding tert-OH is 1. The van der Waals surface area contributed by atoms with Crippen LogP contribution in [0, 0.1) is 11.7 Å². The lowest BCUT2D eigenvalue weighted by Gasteiger charge is -2.27. The van der Waals surface area contributed by atoms with Gasteiger partial charge in [-0.05, 0) is 49.4 Å². The molecule has 9 nitrogen and oxygen atoms in total. The van der Waals surface area contributed by atoms with Crippen LogP contribution in [0.5, 0.6) is 0 Å². The number of nitrogens with zero attached hydrogens (tertiary/aromatic N) is 1. The number of amides is 2. The molecular formula is C27H32FN3O6S. The molecule has 38 heavy (non-hydrogen) atoms. The van der Waals surface area contributed by atoms with E-state index in [0.717, 1.165) is 15.8 Å². The molecule has 0 bridgehead atoms. The first-order valence-corrected chi connectivity index (χ1v) is 14.0. The van der Waals surface area contributed by atoms with Gasteiger partial charge >= 0.3 is 0 Å². The van der Waals surface area contributed by atoms with E-state index in [-0.39, 0.29) is 24.8 Å². The SMILES string of the molecule is CC(C)CC(NC(=O)c1cc2ccccc2o1)C(=O)NC1CCCN(S(=O)(=O)c2ccccc2F)C[C@@H]1O. The van der Waals surface area contributed by atoms with E-state index in [1.165, 1.54) is 18.2 Å². The van der Waals surface area contributed by atoms with Crippen molar-refractivity contribution >= 4 is 32.8 Å². The molecule has 2 unspecified atom stereocenters. The zero-order valence-electron chi connectivity index (χ0n) is 21.3. The Morgan fingerprint density at radius 2 is 1.87 bits per heavy atom. The molecule has 1 aromatic heterocycles. The Morgan fingerprint density at radius 3 is 2.58 bits per heavy atom. The van der Waals surface area contributed by atoms with Crippen LogP contribution in [0.2, 0.25) is 0 Å². The molecule has 3 aromatic rings. The number of sulfonamides is 1. The Bertz CT molecular complexity index is 1370. The van der Waals surface area contributed by atoms with E-state index in [1.807, 2.05) is 26.0 Å². The van der Waals surface area contributed by atoms with Gasteiger partial charge in [0.25, 0.3) is 5.91 Å². The van der Waals surface area contributed by atoms with Crippen molar-refractivity contribution in [3.63, 3.8) is 0 Å². The van der Waals surface area contributed by atoms with Crippen LogP contribution in [0.3, 0.4) is 0 Å². The Morgan fingerprint density at radius 1 is 1.16 bits per heavy atom. The summed E-state index contributed by atoms with van der Waals surface area (Å²) in [4.78, 5) is 25.7. The first-order valence-electron chi connectivity index (χ1n) is 12.6. The lowest BCUT2D eigenvalue weighted by Crippen LogP contribution is -2.54. The third-order valence-electron chi connectivity index (χ3n) is 6.54. The number of hydrogen-bond donors (Lipinski definition) is 3. The van der Waals surface area contributed by atoms with Crippen LogP contribution in [0.4, 0.5) is 4.39 Å². The van der Waals surface area contributed by atoms with Crippen molar-refractivity contribution in [1.29, 1.82) is 0 Å². The molecular weight excluding hydrogens is 513 g/mol. The van der Waals surface area contributed by atoms with Crippen molar-refractivity contribution in [2.24, 2.45) is 5.92 Å². The summed E-state index contributed by atoms with van der Waals surface area (Å²) in [7, 11) is -4.17. The summed E-state index contributed by atoms with van der Waals surface area (Å²) in [5.41, 5.74) is 0.555. The topological polar surface area (TPSA) is 129 Å². The summed E-state index contributed by atoms with van der Waals surface area (Å²) in [6, 6.07) is 12.2. The van der Waals surface area contributed by atoms with Crippen LogP contribution in [0.1, 0.15) is 43.7 Å². The number of aliphatic hydroxyl groups is 1. The van der Waals surface area contributed by atoms with E-state index < -0.39 is 50.7 Å². The van der Waals surface area contributed by atoms with Crippen LogP contribution in [-0.4, -0.2) is 60.9 Å². The third-order valence-corrected chi connectivity index (χ3v) is 8.44. The minimum atomic E-state index is -4.17. The highest BCUT2D eigenvalue weighted by Gasteiger charge is 2.35. The molecule has 204 valence electrons. The highest BCUT2D eigenvalue weighted by Crippen LogP contribution is 2.23. The van der Waals surface area contributed by atoms with E-state index >= 15 is 0 Å². The number of furan rings is 1. The van der Waals surface area contributed by atoms with Crippen molar-refractivity contribution in [3.05, 3.63) is 66.2 Å². The number of β-amino-alcohol motifs (C(OH)–C–C–N with tert-alkyl or cyclic N) is 1. The van der Waals surface area contributed by atoms with Gasteiger partial charge in [0.2, 0.25) is 15.9 Å². The lowest BCUT2D eigenvalue weighted by molar-refractivity contribution is -0.125. The van der Waals surface area contributed by atoms with Gasteiger partial charge in [0, 0.05) is 18.5 Å². The predicted molar refractivity (Wildman–Crippen MR) is 139 cm³/mol. The smallest absolute Gasteiger partial charge is 0.287 e. The average molecular weight is 546 g/mol. The molecule has 1 saturated heterocycles. The molecule has 0 saturated carbocycles. The van der Waals surface area contributed by atoms with Crippen molar-refractivity contribution in [2.45, 2.75) is 56.2 Å². The van der Waals surface area contributed by atoms with Gasteiger partial charge in [-0.3, -0.25) is 9.59 Å². The number of para-hydroxylation sites is 1. The Hall–Kier alpha value is -3.28. The summed E-state index contributed by atoms with van der Waals surface area (Å²) in [6.07, 6.45) is -0.236. The minimum Gasteiger partial charge on any atom is -0.451 e. The first-order chi connectivity index (χ1) is 18.1. The highest BCUT2D eigenvalue weighted by atomic mass is 32.2. The van der Waals surface area contributed by atoms with Crippen molar-refractivity contribution < 1.29 is 31.9 Å². The number of hydrogen-bond acceptors (Lipinski definition) is 6. The standard InChI is InChI=1S/C27H32FN3O6S/c1-17(2)14-21(30-27(34)24-15-18-8-3-5-11-23(18)37-24)26(33)29-20-10-7-13-31(16-22(20)32)38(35,36)25-12-6-4-9-19(25)28/h3-6,8-9,11-12,15,17,20-22,32H,7,10,13-14,16H2,1-2H3,(H,29,33)(H,30,34)/t20?,21?,22-/m0/s1. The molecule has 2 heterocycles. The number of halogens is 1. The molecule has 1 fully saturated rings. The zero-order valence-corrected chi connectivity index (χ0v) is 22.1. The summed E-state index contributed by atoms with van der Waals surface area (Å²) < 4.78 is 46.9. The van der Waals surface area contributed by atoms with Crippen molar-refractivity contribution in [1.82, 2.24) is 14.9 Å². The molecule has 0 spiro atoms. The molecule has 3 atom stereocenters. The van der Waals surface area contributed by atoms with Crippen molar-refractivity contribution in [3.8, 4) is 0 Å². The fraction of sp³-hybridized carbons (Fsp3) is 0.407. The monoisotopic (exact) mass is 545 g/mol. The number of benzene rings is 2. The number of nitrogens with one attached hydrogen (secondary N) is 2. The molecule has 0 radical (unpaired) electrons. The molecule has 1 aliphatic rings. The van der Waals surface area contributed by atoms with Gasteiger partial charge in [0.15, 0.2) is 5.76 Å². The Labute approximate surface area is 221 Å². The van der Waals surface area contributed by atoms with Gasteiger partial charge in [0.1, 0.15) is 22.3 Å². The zero-order chi connectivity index (χ0) is 27.4. The van der Waals surface area contributed by atoms with Crippen LogP contribution in [0.25, 0.3) is 11.0 Å². The maximum Gasteiger partial charge on any atom is 0.287 e. The second-order valence-electron chi connectivity index (χ2n) is 9.92. The van der Waals surface area contributed by atoms with Crippen LogP contribution in [0.15, 0.2) is 63.9 Å². The normalized spacial score (nSPS) is 19.7. The highest BCUT2D eigenvalue weighted by molar-refractivity contribution is 7.89. The molecule has 4 rings (SSSR count). The number of carbonyl (C=O) groups excluding carboxylic acids is 2. The number of rotatable bonds is 8. The Kier molecular flexibility index (Phi) is 8.49. The van der Waals surface area contributed by atoms with E-state index in [2.05, 4.69) is 10.6 Å². The second kappa shape index (κ2) is 11.6. The molecule has 2 amide bonds. The van der Waals surface area contributed by atoms with E-state index in [4.69, 9.17) is 4.42 Å². The van der Waals surface area contributed by atoms with Crippen LogP contribution < -0.4 is 10.6 Å². The quantitative estimate of drug-likeness (QED) is 0.399. The maximum absolute atomic E-state index is 14.2. The largest absolute Gasteiger partial charge is 0.451 e. The summed E-state index contributed by atoms with van der Waals surface area (Å²) >= 11 is 0. The fourth-order valence-corrected chi connectivity index (χ4v) is 6.16. The molecule has 2 aromatic carbocycles. The molecule has 3 N–H and O–H groups in total. The molecule has 1 aliphatic heterocycles. The predicted octanol–water partition coefficient (Wildman–Crippen LogP) is 3.05. The summed E-state index contributed by atoms with van der Waals surface area (Å²) in [5, 5.41) is 17.1. The Balaban J connectivity index is 1.44. The number of carbonyl (C=O) groups is 2. The molecule has 11 heteroatoms. The maximum atomic E-state index is 14.2. The van der Waals surface area contributed by atoms with E-state index in [0.29, 0.717) is 24.8 Å². The summed E-state index contributed by atoms with van der Waals surface area (Å²) in [6.45, 7) is 3.60. The van der Waals surface area contributed by atoms with Gasteiger partial charge in [-0.25, -0.2) is 12.8 Å². The third kappa shape index (κ3) is 6.23.